The summed E-state index contributed by atoms with van der Waals surface area (Å²) in [6.07, 6.45) is 3.31. The van der Waals surface area contributed by atoms with Crippen LogP contribution in [-0.4, -0.2) is 26.1 Å². The molecule has 0 amide bonds. The summed E-state index contributed by atoms with van der Waals surface area (Å²) in [6.45, 7) is 7.58. The van der Waals surface area contributed by atoms with E-state index in [1.165, 1.54) is 12.8 Å². The van der Waals surface area contributed by atoms with Crippen molar-refractivity contribution in [2.24, 2.45) is 5.92 Å². The minimum Gasteiger partial charge on any atom is -0.317 e. The zero-order chi connectivity index (χ0) is 9.68. The average Bonchev–Trinajstić information content (AvgIpc) is 2.15. The Bertz CT molecular complexity index is 197. The number of hydrogen-bond acceptors (Lipinski definition) is 2. The van der Waals surface area contributed by atoms with Gasteiger partial charge in [0.1, 0.15) is 5.68 Å². The molecule has 1 aliphatic rings. The van der Waals surface area contributed by atoms with Crippen LogP contribution in [0.2, 0.25) is 6.32 Å². The summed E-state index contributed by atoms with van der Waals surface area (Å²) in [4.78, 5) is 11.2. The highest BCUT2D eigenvalue weighted by Crippen LogP contribution is 2.16. The molecule has 1 N–H and O–H groups in total. The highest BCUT2D eigenvalue weighted by molar-refractivity contribution is 6.77. The molecule has 0 aromatic rings. The van der Waals surface area contributed by atoms with Crippen LogP contribution >= 0.6 is 0 Å². The third-order valence-electron chi connectivity index (χ3n) is 2.52. The lowest BCUT2D eigenvalue weighted by Gasteiger charge is -2.21. The summed E-state index contributed by atoms with van der Waals surface area (Å²) in [6, 6.07) is 0. The second kappa shape index (κ2) is 5.23. The fourth-order valence-corrected chi connectivity index (χ4v) is 1.57. The summed E-state index contributed by atoms with van der Waals surface area (Å²) in [7, 11) is 1.79. The standard InChI is InChI=1S/C10H17BNO/c1-8(2)10(13)11-7-9-3-5-12-6-4-9/h9,12H,1,3-7H2,2H3. The maximum atomic E-state index is 11.2. The minimum atomic E-state index is 0.110. The molecule has 1 fully saturated rings. The number of hydrogen-bond donors (Lipinski definition) is 1. The van der Waals surface area contributed by atoms with E-state index in [0.29, 0.717) is 11.5 Å². The van der Waals surface area contributed by atoms with Crippen molar-refractivity contribution in [1.29, 1.82) is 0 Å². The monoisotopic (exact) mass is 178 g/mol. The van der Waals surface area contributed by atoms with Crippen molar-refractivity contribution in [1.82, 2.24) is 5.32 Å². The molecule has 71 valence electrons. The molecule has 13 heavy (non-hydrogen) atoms. The van der Waals surface area contributed by atoms with Gasteiger partial charge in [-0.2, -0.15) is 0 Å². The molecule has 0 spiro atoms. The van der Waals surface area contributed by atoms with E-state index in [4.69, 9.17) is 0 Å². The Balaban J connectivity index is 2.17. The maximum absolute atomic E-state index is 11.2. The van der Waals surface area contributed by atoms with Gasteiger partial charge in [-0.3, -0.25) is 0 Å². The third kappa shape index (κ3) is 3.77. The van der Waals surface area contributed by atoms with Crippen LogP contribution in [0, 0.1) is 5.92 Å². The van der Waals surface area contributed by atoms with E-state index in [1.54, 1.807) is 14.2 Å². The molecule has 0 saturated carbocycles. The van der Waals surface area contributed by atoms with Crippen LogP contribution < -0.4 is 5.32 Å². The van der Waals surface area contributed by atoms with Gasteiger partial charge in [-0.25, -0.2) is 0 Å². The van der Waals surface area contributed by atoms with Gasteiger partial charge in [0.15, 0.2) is 0 Å². The predicted molar refractivity (Wildman–Crippen MR) is 56.0 cm³/mol. The number of carbonyl (C=O) groups is 1. The molecule has 0 bridgehead atoms. The van der Waals surface area contributed by atoms with E-state index in [1.807, 2.05) is 0 Å². The molecule has 1 heterocycles. The first-order chi connectivity index (χ1) is 6.20. The number of nitrogens with one attached hydrogen (secondary N) is 1. The molecule has 1 saturated heterocycles. The van der Waals surface area contributed by atoms with Crippen LogP contribution in [-0.2, 0) is 4.79 Å². The van der Waals surface area contributed by atoms with Gasteiger partial charge >= 0.3 is 0 Å². The molecule has 0 aromatic heterocycles. The van der Waals surface area contributed by atoms with Crippen molar-refractivity contribution in [3.05, 3.63) is 12.2 Å². The van der Waals surface area contributed by atoms with Gasteiger partial charge in [-0.05, 0) is 44.3 Å². The molecular weight excluding hydrogens is 161 g/mol. The normalized spacial score (nSPS) is 18.2. The molecule has 0 atom stereocenters. The van der Waals surface area contributed by atoms with Crippen molar-refractivity contribution in [3.63, 3.8) is 0 Å². The Kier molecular flexibility index (Phi) is 4.23. The number of piperidine rings is 1. The number of carbonyl (C=O) groups excluding carboxylic acids is 1. The topological polar surface area (TPSA) is 29.1 Å². The zero-order valence-electron chi connectivity index (χ0n) is 8.31. The Morgan fingerprint density at radius 2 is 2.15 bits per heavy atom. The van der Waals surface area contributed by atoms with Gasteiger partial charge in [0.05, 0.1) is 0 Å². The molecule has 0 aromatic carbocycles. The molecule has 0 unspecified atom stereocenters. The Morgan fingerprint density at radius 3 is 2.69 bits per heavy atom. The van der Waals surface area contributed by atoms with Crippen LogP contribution in [0.5, 0.6) is 0 Å². The van der Waals surface area contributed by atoms with Crippen LogP contribution in [0.4, 0.5) is 0 Å². The molecule has 1 aliphatic heterocycles. The highest BCUT2D eigenvalue weighted by Gasteiger charge is 2.15. The van der Waals surface area contributed by atoms with Gasteiger partial charge in [-0.15, -0.1) is 0 Å². The first kappa shape index (κ1) is 10.5. The van der Waals surface area contributed by atoms with E-state index in [0.717, 1.165) is 19.4 Å². The van der Waals surface area contributed by atoms with Crippen LogP contribution in [0.25, 0.3) is 0 Å². The first-order valence-electron chi connectivity index (χ1n) is 4.94. The SMILES string of the molecule is C=C(C)C(=O)[B]CC1CCNCC1. The first-order valence-corrected chi connectivity index (χ1v) is 4.94. The number of rotatable bonds is 4. The maximum Gasteiger partial charge on any atom is 0.208 e. The molecule has 0 aliphatic carbocycles. The van der Waals surface area contributed by atoms with Gasteiger partial charge in [0.2, 0.25) is 7.28 Å². The van der Waals surface area contributed by atoms with Crippen molar-refractivity contribution in [2.45, 2.75) is 26.1 Å². The summed E-state index contributed by atoms with van der Waals surface area (Å²) in [5.41, 5.74) is 0.757. The Labute approximate surface area is 81.0 Å². The van der Waals surface area contributed by atoms with E-state index < -0.39 is 0 Å². The lowest BCUT2D eigenvalue weighted by Crippen LogP contribution is -2.29. The quantitative estimate of drug-likeness (QED) is 0.517. The Morgan fingerprint density at radius 1 is 1.54 bits per heavy atom. The van der Waals surface area contributed by atoms with Crippen molar-refractivity contribution in [3.8, 4) is 0 Å². The predicted octanol–water partition coefficient (Wildman–Crippen LogP) is 1.21. The van der Waals surface area contributed by atoms with Crippen molar-refractivity contribution >= 4 is 13.0 Å². The molecule has 1 rings (SSSR count). The fraction of sp³-hybridized carbons (Fsp3) is 0.700. The Hall–Kier alpha value is -0.565. The van der Waals surface area contributed by atoms with Crippen LogP contribution in [0.1, 0.15) is 19.8 Å². The lowest BCUT2D eigenvalue weighted by atomic mass is 9.62. The van der Waals surface area contributed by atoms with Gasteiger partial charge in [0.25, 0.3) is 0 Å². The lowest BCUT2D eigenvalue weighted by molar-refractivity contribution is -0.108. The van der Waals surface area contributed by atoms with Gasteiger partial charge in [-0.1, -0.05) is 12.9 Å². The van der Waals surface area contributed by atoms with Crippen molar-refractivity contribution < 1.29 is 4.79 Å². The van der Waals surface area contributed by atoms with Crippen LogP contribution in [0.3, 0.4) is 0 Å². The zero-order valence-corrected chi connectivity index (χ0v) is 8.31. The molecule has 1 radical (unpaired) electrons. The van der Waals surface area contributed by atoms with E-state index in [2.05, 4.69) is 11.9 Å². The minimum absolute atomic E-state index is 0.110. The van der Waals surface area contributed by atoms with Gasteiger partial charge < -0.3 is 10.1 Å². The summed E-state index contributed by atoms with van der Waals surface area (Å²) in [5, 5.41) is 3.31. The fourth-order valence-electron chi connectivity index (χ4n) is 1.57. The van der Waals surface area contributed by atoms with Crippen LogP contribution in [0.15, 0.2) is 12.2 Å². The van der Waals surface area contributed by atoms with Crippen molar-refractivity contribution in [2.75, 3.05) is 13.1 Å². The van der Waals surface area contributed by atoms with E-state index in [9.17, 15) is 4.79 Å². The average molecular weight is 178 g/mol. The van der Waals surface area contributed by atoms with Gasteiger partial charge in [0, 0.05) is 0 Å². The molecule has 3 heteroatoms. The smallest absolute Gasteiger partial charge is 0.208 e. The van der Waals surface area contributed by atoms with E-state index in [-0.39, 0.29) is 5.68 Å². The largest absolute Gasteiger partial charge is 0.317 e. The second-order valence-corrected chi connectivity index (χ2v) is 3.78. The van der Waals surface area contributed by atoms with E-state index >= 15 is 0 Å². The summed E-state index contributed by atoms with van der Waals surface area (Å²) < 4.78 is 0. The number of allylic oxidation sites excluding steroid dienone is 1. The third-order valence-corrected chi connectivity index (χ3v) is 2.52. The molecular formula is C10H17BNO. The summed E-state index contributed by atoms with van der Waals surface area (Å²) in [5.74, 6) is 0.699. The summed E-state index contributed by atoms with van der Waals surface area (Å²) >= 11 is 0. The molecule has 2 nitrogen and oxygen atoms in total. The second-order valence-electron chi connectivity index (χ2n) is 3.78. The highest BCUT2D eigenvalue weighted by atomic mass is 16.1.